The smallest absolute Gasteiger partial charge is 0.133 e. The Balaban J connectivity index is 2.88. The number of nitrogens with one attached hydrogen (secondary N) is 1. The number of phenols is 1. The third kappa shape index (κ3) is 1.27. The summed E-state index contributed by atoms with van der Waals surface area (Å²) in [5, 5.41) is 13.4. The van der Waals surface area contributed by atoms with Crippen molar-refractivity contribution in [3.63, 3.8) is 0 Å². The molecule has 0 unspecified atom stereocenters. The molecule has 0 spiro atoms. The van der Waals surface area contributed by atoms with Crippen LogP contribution in [-0.4, -0.2) is 12.2 Å². The average Bonchev–Trinajstić information content (AvgIpc) is 2.16. The van der Waals surface area contributed by atoms with Gasteiger partial charge in [-0.15, -0.1) is 0 Å². The van der Waals surface area contributed by atoms with E-state index in [9.17, 15) is 9.50 Å². The molecule has 3 heteroatoms. The van der Waals surface area contributed by atoms with Gasteiger partial charge in [0.25, 0.3) is 0 Å². The molecule has 2 aromatic rings. The van der Waals surface area contributed by atoms with Crippen molar-refractivity contribution in [3.8, 4) is 5.75 Å². The molecule has 2 nitrogen and oxygen atoms in total. The maximum Gasteiger partial charge on any atom is 0.133 e. The number of phenolic OH excluding ortho intramolecular Hbond substituents is 1. The minimum atomic E-state index is -0.285. The molecule has 0 saturated carbocycles. The highest BCUT2D eigenvalue weighted by molar-refractivity contribution is 5.95. The van der Waals surface area contributed by atoms with Crippen LogP contribution in [0.2, 0.25) is 0 Å². The highest BCUT2D eigenvalue weighted by Gasteiger charge is 2.06. The van der Waals surface area contributed by atoms with Gasteiger partial charge in [-0.1, -0.05) is 12.1 Å². The summed E-state index contributed by atoms with van der Waals surface area (Å²) in [6.07, 6.45) is 0. The lowest BCUT2D eigenvalue weighted by Crippen LogP contribution is -1.91. The molecular weight excluding hydrogens is 181 g/mol. The fourth-order valence-corrected chi connectivity index (χ4v) is 1.56. The van der Waals surface area contributed by atoms with Crippen LogP contribution in [0.5, 0.6) is 5.75 Å². The highest BCUT2D eigenvalue weighted by atomic mass is 19.1. The van der Waals surface area contributed by atoms with Crippen molar-refractivity contribution in [1.82, 2.24) is 0 Å². The molecule has 0 heterocycles. The minimum absolute atomic E-state index is 0.132. The van der Waals surface area contributed by atoms with Crippen molar-refractivity contribution in [2.75, 3.05) is 12.4 Å². The van der Waals surface area contributed by atoms with E-state index in [1.54, 1.807) is 25.2 Å². The number of fused-ring (bicyclic) bond motifs is 1. The third-order valence-corrected chi connectivity index (χ3v) is 2.18. The predicted octanol–water partition coefficient (Wildman–Crippen LogP) is 2.73. The molecule has 0 aliphatic heterocycles. The molecule has 0 fully saturated rings. The summed E-state index contributed by atoms with van der Waals surface area (Å²) in [7, 11) is 1.70. The first-order chi connectivity index (χ1) is 6.72. The first-order valence-electron chi connectivity index (χ1n) is 4.31. The van der Waals surface area contributed by atoms with E-state index in [0.717, 1.165) is 0 Å². The van der Waals surface area contributed by atoms with Crippen molar-refractivity contribution in [2.24, 2.45) is 0 Å². The van der Waals surface area contributed by atoms with E-state index in [2.05, 4.69) is 5.32 Å². The van der Waals surface area contributed by atoms with Gasteiger partial charge in [0.2, 0.25) is 0 Å². The molecule has 0 bridgehead atoms. The third-order valence-electron chi connectivity index (χ3n) is 2.18. The van der Waals surface area contributed by atoms with Crippen molar-refractivity contribution >= 4 is 16.5 Å². The van der Waals surface area contributed by atoms with Gasteiger partial charge in [0, 0.05) is 24.2 Å². The predicted molar refractivity (Wildman–Crippen MR) is 55.1 cm³/mol. The van der Waals surface area contributed by atoms with E-state index < -0.39 is 0 Å². The Kier molecular flexibility index (Phi) is 2.00. The molecule has 0 aromatic heterocycles. The molecule has 2 N–H and O–H groups in total. The molecule has 0 aliphatic rings. The van der Waals surface area contributed by atoms with Crippen LogP contribution in [-0.2, 0) is 0 Å². The Labute approximate surface area is 81.0 Å². The van der Waals surface area contributed by atoms with Crippen LogP contribution < -0.4 is 5.32 Å². The molecule has 0 amide bonds. The zero-order valence-electron chi connectivity index (χ0n) is 7.71. The molecule has 14 heavy (non-hydrogen) atoms. The lowest BCUT2D eigenvalue weighted by molar-refractivity contribution is 0.476. The van der Waals surface area contributed by atoms with Gasteiger partial charge in [0.05, 0.1) is 0 Å². The fourth-order valence-electron chi connectivity index (χ4n) is 1.56. The Morgan fingerprint density at radius 2 is 2.07 bits per heavy atom. The summed E-state index contributed by atoms with van der Waals surface area (Å²) in [5.74, 6) is -0.153. The number of hydrogen-bond acceptors (Lipinski definition) is 2. The van der Waals surface area contributed by atoms with Gasteiger partial charge in [-0.3, -0.25) is 0 Å². The summed E-state index contributed by atoms with van der Waals surface area (Å²) in [5.41, 5.74) is 0.595. The van der Waals surface area contributed by atoms with E-state index in [4.69, 9.17) is 0 Å². The van der Waals surface area contributed by atoms with Gasteiger partial charge in [0.15, 0.2) is 0 Å². The number of aromatic hydroxyl groups is 1. The summed E-state index contributed by atoms with van der Waals surface area (Å²) in [6.45, 7) is 0. The molecule has 0 saturated heterocycles. The first-order valence-corrected chi connectivity index (χ1v) is 4.31. The van der Waals surface area contributed by atoms with Crippen molar-refractivity contribution < 1.29 is 9.50 Å². The summed E-state index contributed by atoms with van der Waals surface area (Å²) in [4.78, 5) is 0. The SMILES string of the molecule is CNc1cc(O)cc2cccc(F)c12. The van der Waals surface area contributed by atoms with Gasteiger partial charge in [-0.25, -0.2) is 4.39 Å². The van der Waals surface area contributed by atoms with Gasteiger partial charge >= 0.3 is 0 Å². The standard InChI is InChI=1S/C11H10FNO/c1-13-10-6-8(14)5-7-3-2-4-9(12)11(7)10/h2-6,13-14H,1H3. The van der Waals surface area contributed by atoms with E-state index in [1.807, 2.05) is 0 Å². The largest absolute Gasteiger partial charge is 0.508 e. The van der Waals surface area contributed by atoms with Crippen LogP contribution in [0.4, 0.5) is 10.1 Å². The Hall–Kier alpha value is -1.77. The lowest BCUT2D eigenvalue weighted by atomic mass is 10.1. The quantitative estimate of drug-likeness (QED) is 0.726. The summed E-state index contributed by atoms with van der Waals surface area (Å²) in [6, 6.07) is 7.83. The summed E-state index contributed by atoms with van der Waals surface area (Å²) < 4.78 is 13.4. The van der Waals surface area contributed by atoms with E-state index >= 15 is 0 Å². The number of benzene rings is 2. The van der Waals surface area contributed by atoms with E-state index in [-0.39, 0.29) is 11.6 Å². The van der Waals surface area contributed by atoms with Crippen molar-refractivity contribution in [3.05, 3.63) is 36.1 Å². The minimum Gasteiger partial charge on any atom is -0.508 e. The van der Waals surface area contributed by atoms with Crippen LogP contribution in [0, 0.1) is 5.82 Å². The van der Waals surface area contributed by atoms with Crippen LogP contribution in [0.3, 0.4) is 0 Å². The second-order valence-electron chi connectivity index (χ2n) is 3.08. The van der Waals surface area contributed by atoms with E-state index in [1.165, 1.54) is 12.1 Å². The number of halogens is 1. The first kappa shape index (κ1) is 8.81. The second-order valence-corrected chi connectivity index (χ2v) is 3.08. The van der Waals surface area contributed by atoms with Gasteiger partial charge in [0.1, 0.15) is 11.6 Å². The Morgan fingerprint density at radius 3 is 2.79 bits per heavy atom. The fraction of sp³-hybridized carbons (Fsp3) is 0.0909. The topological polar surface area (TPSA) is 32.3 Å². The van der Waals surface area contributed by atoms with Crippen LogP contribution in [0.15, 0.2) is 30.3 Å². The monoisotopic (exact) mass is 191 g/mol. The molecular formula is C11H10FNO. The van der Waals surface area contributed by atoms with Gasteiger partial charge in [-0.05, 0) is 17.5 Å². The van der Waals surface area contributed by atoms with Crippen LogP contribution in [0.1, 0.15) is 0 Å². The molecule has 0 aliphatic carbocycles. The average molecular weight is 191 g/mol. The zero-order chi connectivity index (χ0) is 10.1. The maximum atomic E-state index is 13.4. The second kappa shape index (κ2) is 3.18. The molecule has 0 radical (unpaired) electrons. The van der Waals surface area contributed by atoms with E-state index in [0.29, 0.717) is 16.5 Å². The number of anilines is 1. The highest BCUT2D eigenvalue weighted by Crippen LogP contribution is 2.30. The number of rotatable bonds is 1. The molecule has 2 rings (SSSR count). The lowest BCUT2D eigenvalue weighted by Gasteiger charge is -2.07. The molecule has 0 atom stereocenters. The Bertz CT molecular complexity index is 482. The number of hydrogen-bond donors (Lipinski definition) is 2. The maximum absolute atomic E-state index is 13.4. The van der Waals surface area contributed by atoms with Crippen LogP contribution >= 0.6 is 0 Å². The zero-order valence-corrected chi connectivity index (χ0v) is 7.71. The van der Waals surface area contributed by atoms with Crippen molar-refractivity contribution in [1.29, 1.82) is 0 Å². The molecule has 2 aromatic carbocycles. The summed E-state index contributed by atoms with van der Waals surface area (Å²) >= 11 is 0. The molecule has 72 valence electrons. The van der Waals surface area contributed by atoms with Gasteiger partial charge in [-0.2, -0.15) is 0 Å². The normalized spacial score (nSPS) is 10.4. The Morgan fingerprint density at radius 1 is 1.29 bits per heavy atom. The van der Waals surface area contributed by atoms with Crippen LogP contribution in [0.25, 0.3) is 10.8 Å². The van der Waals surface area contributed by atoms with Crippen molar-refractivity contribution in [2.45, 2.75) is 0 Å². The van der Waals surface area contributed by atoms with Gasteiger partial charge < -0.3 is 10.4 Å².